The van der Waals surface area contributed by atoms with E-state index in [1.807, 2.05) is 0 Å². The van der Waals surface area contributed by atoms with E-state index in [2.05, 4.69) is 0 Å². The van der Waals surface area contributed by atoms with Crippen LogP contribution in [0.15, 0.2) is 18.2 Å². The first-order chi connectivity index (χ1) is 8.72. The molecule has 0 saturated carbocycles. The van der Waals surface area contributed by atoms with Gasteiger partial charge in [-0.2, -0.15) is 0 Å². The minimum Gasteiger partial charge on any atom is -0.481 e. The van der Waals surface area contributed by atoms with Gasteiger partial charge in [0.1, 0.15) is 0 Å². The van der Waals surface area contributed by atoms with Crippen molar-refractivity contribution in [3.63, 3.8) is 0 Å². The molecule has 8 heteroatoms. The summed E-state index contributed by atoms with van der Waals surface area (Å²) in [5.41, 5.74) is 0.278. The Morgan fingerprint density at radius 2 is 1.95 bits per heavy atom. The van der Waals surface area contributed by atoms with E-state index in [4.69, 9.17) is 5.11 Å². The number of halogens is 2. The van der Waals surface area contributed by atoms with Crippen LogP contribution in [-0.4, -0.2) is 36.6 Å². The lowest BCUT2D eigenvalue weighted by Crippen LogP contribution is -2.29. The zero-order chi connectivity index (χ0) is 14.6. The first kappa shape index (κ1) is 15.5. The predicted octanol–water partition coefficient (Wildman–Crippen LogP) is 1.20. The molecular formula is C11H13F2NO4S. The molecule has 0 bridgehead atoms. The molecule has 0 aliphatic heterocycles. The van der Waals surface area contributed by atoms with Crippen LogP contribution in [0, 0.1) is 11.6 Å². The first-order valence-electron chi connectivity index (χ1n) is 5.32. The van der Waals surface area contributed by atoms with Gasteiger partial charge < -0.3 is 5.11 Å². The van der Waals surface area contributed by atoms with Crippen molar-refractivity contribution in [1.82, 2.24) is 4.31 Å². The summed E-state index contributed by atoms with van der Waals surface area (Å²) < 4.78 is 49.9. The highest BCUT2D eigenvalue weighted by Crippen LogP contribution is 2.12. The molecule has 0 atom stereocenters. The summed E-state index contributed by atoms with van der Waals surface area (Å²) in [6, 6.07) is 3.07. The molecule has 0 fully saturated rings. The molecule has 0 radical (unpaired) electrons. The Morgan fingerprint density at radius 1 is 1.32 bits per heavy atom. The van der Waals surface area contributed by atoms with Crippen LogP contribution in [0.1, 0.15) is 12.0 Å². The van der Waals surface area contributed by atoms with Crippen molar-refractivity contribution in [1.29, 1.82) is 0 Å². The summed E-state index contributed by atoms with van der Waals surface area (Å²) in [5.74, 6) is -3.83. The molecule has 1 aromatic rings. The summed E-state index contributed by atoms with van der Waals surface area (Å²) >= 11 is 0. The van der Waals surface area contributed by atoms with Crippen molar-refractivity contribution in [3.05, 3.63) is 35.4 Å². The molecule has 0 unspecified atom stereocenters. The van der Waals surface area contributed by atoms with E-state index >= 15 is 0 Å². The van der Waals surface area contributed by atoms with Crippen molar-refractivity contribution in [2.45, 2.75) is 13.0 Å². The SMILES string of the molecule is CN(Cc1ccc(F)c(F)c1)S(=O)(=O)CCC(=O)O. The number of hydrogen-bond acceptors (Lipinski definition) is 3. The molecule has 0 saturated heterocycles. The maximum atomic E-state index is 13.0. The second-order valence-corrected chi connectivity index (χ2v) is 6.16. The van der Waals surface area contributed by atoms with Crippen LogP contribution in [0.2, 0.25) is 0 Å². The number of carbonyl (C=O) groups is 1. The summed E-state index contributed by atoms with van der Waals surface area (Å²) in [6.45, 7) is -0.154. The highest BCUT2D eigenvalue weighted by Gasteiger charge is 2.19. The van der Waals surface area contributed by atoms with E-state index in [0.717, 1.165) is 16.4 Å². The number of hydrogen-bond donors (Lipinski definition) is 1. The van der Waals surface area contributed by atoms with Crippen LogP contribution < -0.4 is 0 Å². The minimum absolute atomic E-state index is 0.154. The topological polar surface area (TPSA) is 74.7 Å². The number of sulfonamides is 1. The lowest BCUT2D eigenvalue weighted by atomic mass is 10.2. The summed E-state index contributed by atoms with van der Waals surface area (Å²) in [5, 5.41) is 8.44. The third-order valence-electron chi connectivity index (χ3n) is 2.44. The fourth-order valence-corrected chi connectivity index (χ4v) is 2.46. The first-order valence-corrected chi connectivity index (χ1v) is 6.93. The third-order valence-corrected chi connectivity index (χ3v) is 4.24. The van der Waals surface area contributed by atoms with Crippen LogP contribution in [0.4, 0.5) is 8.78 Å². The number of carboxylic acid groups (broad SMARTS) is 1. The zero-order valence-electron chi connectivity index (χ0n) is 10.1. The number of carboxylic acids is 1. The van der Waals surface area contributed by atoms with E-state index in [0.29, 0.717) is 0 Å². The molecule has 5 nitrogen and oxygen atoms in total. The van der Waals surface area contributed by atoms with Gasteiger partial charge in [-0.3, -0.25) is 4.79 Å². The Morgan fingerprint density at radius 3 is 2.47 bits per heavy atom. The second-order valence-electron chi connectivity index (χ2n) is 3.96. The van der Waals surface area contributed by atoms with E-state index in [1.54, 1.807) is 0 Å². The van der Waals surface area contributed by atoms with Gasteiger partial charge in [0.15, 0.2) is 11.6 Å². The number of aliphatic carboxylic acids is 1. The number of benzene rings is 1. The van der Waals surface area contributed by atoms with Crippen molar-refractivity contribution >= 4 is 16.0 Å². The summed E-state index contributed by atoms with van der Waals surface area (Å²) in [7, 11) is -2.49. The zero-order valence-corrected chi connectivity index (χ0v) is 11.0. The van der Waals surface area contributed by atoms with Crippen LogP contribution in [0.3, 0.4) is 0 Å². The standard InChI is InChI=1S/C11H13F2NO4S/c1-14(19(17,18)5-4-11(15)16)7-8-2-3-9(12)10(13)6-8/h2-3,6H,4-5,7H2,1H3,(H,15,16). The summed E-state index contributed by atoms with van der Waals surface area (Å²) in [4.78, 5) is 10.3. The van der Waals surface area contributed by atoms with Gasteiger partial charge in [-0.05, 0) is 17.7 Å². The summed E-state index contributed by atoms with van der Waals surface area (Å²) in [6.07, 6.45) is -0.509. The highest BCUT2D eigenvalue weighted by atomic mass is 32.2. The third kappa shape index (κ3) is 4.56. The van der Waals surface area contributed by atoms with E-state index in [1.165, 1.54) is 13.1 Å². The molecule has 0 spiro atoms. The quantitative estimate of drug-likeness (QED) is 0.855. The van der Waals surface area contributed by atoms with E-state index < -0.39 is 39.8 Å². The van der Waals surface area contributed by atoms with Gasteiger partial charge in [-0.25, -0.2) is 21.5 Å². The molecule has 1 aromatic carbocycles. The lowest BCUT2D eigenvalue weighted by Gasteiger charge is -2.16. The molecule has 1 rings (SSSR count). The Labute approximate surface area is 109 Å². The van der Waals surface area contributed by atoms with Crippen LogP contribution in [0.25, 0.3) is 0 Å². The van der Waals surface area contributed by atoms with Gasteiger partial charge in [0.05, 0.1) is 12.2 Å². The van der Waals surface area contributed by atoms with Gasteiger partial charge in [-0.15, -0.1) is 0 Å². The van der Waals surface area contributed by atoms with Crippen molar-refractivity contribution < 1.29 is 27.1 Å². The Hall–Kier alpha value is -1.54. The second kappa shape index (κ2) is 6.07. The monoisotopic (exact) mass is 293 g/mol. The van der Waals surface area contributed by atoms with Crippen molar-refractivity contribution in [3.8, 4) is 0 Å². The average Bonchev–Trinajstić information content (AvgIpc) is 2.31. The van der Waals surface area contributed by atoms with E-state index in [9.17, 15) is 22.0 Å². The Kier molecular flexibility index (Phi) is 4.96. The van der Waals surface area contributed by atoms with Gasteiger partial charge in [0.2, 0.25) is 10.0 Å². The molecule has 0 heterocycles. The van der Waals surface area contributed by atoms with Gasteiger partial charge >= 0.3 is 5.97 Å². The van der Waals surface area contributed by atoms with Gasteiger partial charge in [-0.1, -0.05) is 6.07 Å². The molecule has 1 N–H and O–H groups in total. The Bertz CT molecular complexity index is 574. The Balaban J connectivity index is 2.75. The molecule has 0 aliphatic carbocycles. The fourth-order valence-electron chi connectivity index (χ4n) is 1.37. The number of nitrogens with zero attached hydrogens (tertiary/aromatic N) is 1. The molecular weight excluding hydrogens is 280 g/mol. The molecule has 0 amide bonds. The molecule has 0 aromatic heterocycles. The van der Waals surface area contributed by atoms with E-state index in [-0.39, 0.29) is 12.1 Å². The molecule has 0 aliphatic rings. The predicted molar refractivity (Wildman–Crippen MR) is 63.9 cm³/mol. The molecule has 19 heavy (non-hydrogen) atoms. The lowest BCUT2D eigenvalue weighted by molar-refractivity contribution is -0.136. The van der Waals surface area contributed by atoms with Crippen LogP contribution >= 0.6 is 0 Å². The smallest absolute Gasteiger partial charge is 0.304 e. The van der Waals surface area contributed by atoms with Gasteiger partial charge in [0, 0.05) is 13.6 Å². The fraction of sp³-hybridized carbons (Fsp3) is 0.364. The highest BCUT2D eigenvalue weighted by molar-refractivity contribution is 7.89. The maximum absolute atomic E-state index is 13.0. The maximum Gasteiger partial charge on any atom is 0.304 e. The van der Waals surface area contributed by atoms with Crippen molar-refractivity contribution in [2.24, 2.45) is 0 Å². The average molecular weight is 293 g/mol. The molecule has 106 valence electrons. The van der Waals surface area contributed by atoms with Crippen LogP contribution in [-0.2, 0) is 21.4 Å². The van der Waals surface area contributed by atoms with Gasteiger partial charge in [0.25, 0.3) is 0 Å². The van der Waals surface area contributed by atoms with Crippen molar-refractivity contribution in [2.75, 3.05) is 12.8 Å². The number of rotatable bonds is 6. The normalized spacial score (nSPS) is 11.8. The van der Waals surface area contributed by atoms with Crippen LogP contribution in [0.5, 0.6) is 0 Å². The largest absolute Gasteiger partial charge is 0.481 e. The minimum atomic E-state index is -3.74.